The van der Waals surface area contributed by atoms with Gasteiger partial charge in [-0.3, -0.25) is 4.98 Å². The molecule has 0 spiro atoms. The van der Waals surface area contributed by atoms with Gasteiger partial charge in [-0.05, 0) is 96.9 Å². The van der Waals surface area contributed by atoms with Gasteiger partial charge in [-0.25, -0.2) is 0 Å². The van der Waals surface area contributed by atoms with Gasteiger partial charge in [0, 0.05) is 33.8 Å². The molecule has 2 aromatic heterocycles. The molecule has 0 atom stereocenters. The standard InChI is InChI=1S/C55H36N2/c1-3-13-37(14-4-1)38-27-29-41(30-28-38)54-46-18-7-9-20-48(46)55(49-21-10-8-19-47(49)54)51-33-31-43(36-56-51)40-25-23-39(24-26-40)42-32-34-53-50(35-42)45-17-11-12-22-52(45)57(53)44-15-5-2-6-16-44/h1-36H. The van der Waals surface area contributed by atoms with Crippen LogP contribution in [-0.4, -0.2) is 9.55 Å². The lowest BCUT2D eigenvalue weighted by atomic mass is 9.87. The molecule has 57 heavy (non-hydrogen) atoms. The van der Waals surface area contributed by atoms with Gasteiger partial charge in [0.1, 0.15) is 0 Å². The Morgan fingerprint density at radius 3 is 1.33 bits per heavy atom. The second kappa shape index (κ2) is 13.6. The molecule has 0 saturated carbocycles. The number of rotatable bonds is 6. The Morgan fingerprint density at radius 1 is 0.281 bits per heavy atom. The van der Waals surface area contributed by atoms with E-state index < -0.39 is 0 Å². The molecule has 0 aliphatic heterocycles. The van der Waals surface area contributed by atoms with Crippen molar-refractivity contribution in [3.8, 4) is 61.5 Å². The first-order valence-electron chi connectivity index (χ1n) is 19.5. The van der Waals surface area contributed by atoms with Crippen LogP contribution in [0.1, 0.15) is 0 Å². The predicted molar refractivity (Wildman–Crippen MR) is 241 cm³/mol. The summed E-state index contributed by atoms with van der Waals surface area (Å²) in [6.07, 6.45) is 2.02. The Labute approximate surface area is 331 Å². The third-order valence-electron chi connectivity index (χ3n) is 11.5. The molecule has 0 aliphatic carbocycles. The summed E-state index contributed by atoms with van der Waals surface area (Å²) >= 11 is 0. The highest BCUT2D eigenvalue weighted by Crippen LogP contribution is 2.44. The van der Waals surface area contributed by atoms with Crippen molar-refractivity contribution < 1.29 is 0 Å². The van der Waals surface area contributed by atoms with Crippen molar-refractivity contribution in [2.45, 2.75) is 0 Å². The van der Waals surface area contributed by atoms with Crippen LogP contribution in [0.5, 0.6) is 0 Å². The maximum absolute atomic E-state index is 5.14. The zero-order chi connectivity index (χ0) is 37.7. The summed E-state index contributed by atoms with van der Waals surface area (Å²) in [5, 5.41) is 7.36. The Kier molecular flexibility index (Phi) is 7.86. The summed E-state index contributed by atoms with van der Waals surface area (Å²) in [5.74, 6) is 0. The van der Waals surface area contributed by atoms with Gasteiger partial charge in [0.15, 0.2) is 0 Å². The molecular weight excluding hydrogens is 689 g/mol. The normalized spacial score (nSPS) is 11.5. The maximum atomic E-state index is 5.14. The Hall–Kier alpha value is -7.55. The minimum atomic E-state index is 0.969. The highest BCUT2D eigenvalue weighted by atomic mass is 15.0. The van der Waals surface area contributed by atoms with E-state index in [0.29, 0.717) is 0 Å². The van der Waals surface area contributed by atoms with Crippen molar-refractivity contribution in [3.05, 3.63) is 219 Å². The number of fused-ring (bicyclic) bond motifs is 5. The van der Waals surface area contributed by atoms with E-state index >= 15 is 0 Å². The molecule has 0 saturated heterocycles. The molecule has 11 rings (SSSR count). The number of para-hydroxylation sites is 2. The number of hydrogen-bond donors (Lipinski definition) is 0. The number of aromatic nitrogens is 2. The van der Waals surface area contributed by atoms with E-state index in [4.69, 9.17) is 4.98 Å². The molecule has 266 valence electrons. The Bertz CT molecular complexity index is 3180. The van der Waals surface area contributed by atoms with Crippen LogP contribution in [-0.2, 0) is 0 Å². The van der Waals surface area contributed by atoms with Crippen LogP contribution in [0.4, 0.5) is 0 Å². The monoisotopic (exact) mass is 724 g/mol. The lowest BCUT2D eigenvalue weighted by molar-refractivity contribution is 1.18. The molecule has 0 fully saturated rings. The zero-order valence-electron chi connectivity index (χ0n) is 31.2. The topological polar surface area (TPSA) is 17.8 Å². The molecule has 2 heteroatoms. The van der Waals surface area contributed by atoms with Gasteiger partial charge in [-0.2, -0.15) is 0 Å². The molecular formula is C55H36N2. The summed E-state index contributed by atoms with van der Waals surface area (Å²) in [6.45, 7) is 0. The van der Waals surface area contributed by atoms with Crippen molar-refractivity contribution in [1.82, 2.24) is 9.55 Å². The molecule has 0 amide bonds. The maximum Gasteiger partial charge on any atom is 0.0714 e. The summed E-state index contributed by atoms with van der Waals surface area (Å²) in [7, 11) is 0. The molecule has 0 bridgehead atoms. The van der Waals surface area contributed by atoms with E-state index in [1.807, 2.05) is 6.20 Å². The summed E-state index contributed by atoms with van der Waals surface area (Å²) in [6, 6.07) is 76.5. The first-order valence-corrected chi connectivity index (χ1v) is 19.5. The lowest BCUT2D eigenvalue weighted by Gasteiger charge is -2.17. The predicted octanol–water partition coefficient (Wildman–Crippen LogP) is 14.8. The van der Waals surface area contributed by atoms with E-state index in [1.54, 1.807) is 0 Å². The SMILES string of the molecule is c1ccc(-c2ccc(-c3c4ccccc4c(-c4ccc(-c5ccc(-c6ccc7c(c6)c6ccccc6n7-c6ccccc6)cc5)cn4)c4ccccc34)cc2)cc1. The first-order chi connectivity index (χ1) is 28.3. The van der Waals surface area contributed by atoms with Crippen LogP contribution in [0, 0.1) is 0 Å². The summed E-state index contributed by atoms with van der Waals surface area (Å²) < 4.78 is 2.36. The van der Waals surface area contributed by atoms with E-state index in [0.717, 1.165) is 22.4 Å². The van der Waals surface area contributed by atoms with Gasteiger partial charge in [-0.1, -0.05) is 176 Å². The summed E-state index contributed by atoms with van der Waals surface area (Å²) in [4.78, 5) is 5.14. The van der Waals surface area contributed by atoms with E-state index in [-0.39, 0.29) is 0 Å². The van der Waals surface area contributed by atoms with Crippen LogP contribution in [0.25, 0.3) is 105 Å². The second-order valence-electron chi connectivity index (χ2n) is 14.7. The third kappa shape index (κ3) is 5.61. The molecule has 11 aromatic rings. The van der Waals surface area contributed by atoms with Crippen molar-refractivity contribution in [3.63, 3.8) is 0 Å². The molecule has 9 aromatic carbocycles. The van der Waals surface area contributed by atoms with Gasteiger partial charge in [0.2, 0.25) is 0 Å². The Balaban J connectivity index is 0.940. The van der Waals surface area contributed by atoms with Crippen molar-refractivity contribution >= 4 is 43.4 Å². The highest BCUT2D eigenvalue weighted by Gasteiger charge is 2.18. The highest BCUT2D eigenvalue weighted by molar-refractivity contribution is 6.21. The quantitative estimate of drug-likeness (QED) is 0.156. The molecule has 2 heterocycles. The van der Waals surface area contributed by atoms with Gasteiger partial charge >= 0.3 is 0 Å². The van der Waals surface area contributed by atoms with Crippen LogP contribution >= 0.6 is 0 Å². The number of benzene rings is 9. The van der Waals surface area contributed by atoms with Crippen molar-refractivity contribution in [2.75, 3.05) is 0 Å². The fraction of sp³-hybridized carbons (Fsp3) is 0. The fourth-order valence-electron chi connectivity index (χ4n) is 8.75. The van der Waals surface area contributed by atoms with Crippen LogP contribution in [0.2, 0.25) is 0 Å². The van der Waals surface area contributed by atoms with Crippen LogP contribution < -0.4 is 0 Å². The third-order valence-corrected chi connectivity index (χ3v) is 11.5. The van der Waals surface area contributed by atoms with Crippen molar-refractivity contribution in [2.24, 2.45) is 0 Å². The second-order valence-corrected chi connectivity index (χ2v) is 14.7. The molecule has 0 radical (unpaired) electrons. The van der Waals surface area contributed by atoms with E-state index in [2.05, 4.69) is 217 Å². The first kappa shape index (κ1) is 32.8. The largest absolute Gasteiger partial charge is 0.309 e. The van der Waals surface area contributed by atoms with E-state index in [1.165, 1.54) is 82.4 Å². The van der Waals surface area contributed by atoms with Gasteiger partial charge in [0.05, 0.1) is 16.7 Å². The number of nitrogens with zero attached hydrogens (tertiary/aromatic N) is 2. The molecule has 0 aliphatic rings. The fourth-order valence-corrected chi connectivity index (χ4v) is 8.75. The number of pyridine rings is 1. The summed E-state index contributed by atoms with van der Waals surface area (Å²) in [5.41, 5.74) is 15.3. The minimum Gasteiger partial charge on any atom is -0.309 e. The number of hydrogen-bond acceptors (Lipinski definition) is 1. The van der Waals surface area contributed by atoms with Crippen LogP contribution in [0.15, 0.2) is 219 Å². The van der Waals surface area contributed by atoms with Gasteiger partial charge in [0.25, 0.3) is 0 Å². The zero-order valence-corrected chi connectivity index (χ0v) is 31.2. The average molecular weight is 725 g/mol. The smallest absolute Gasteiger partial charge is 0.0714 e. The molecule has 2 nitrogen and oxygen atoms in total. The lowest BCUT2D eigenvalue weighted by Crippen LogP contribution is -1.93. The molecule has 0 unspecified atom stereocenters. The minimum absolute atomic E-state index is 0.969. The van der Waals surface area contributed by atoms with E-state index in [9.17, 15) is 0 Å². The van der Waals surface area contributed by atoms with Crippen molar-refractivity contribution in [1.29, 1.82) is 0 Å². The average Bonchev–Trinajstić information content (AvgIpc) is 3.63. The van der Waals surface area contributed by atoms with Crippen LogP contribution in [0.3, 0.4) is 0 Å². The Morgan fingerprint density at radius 2 is 0.719 bits per heavy atom. The molecule has 0 N–H and O–H groups in total. The van der Waals surface area contributed by atoms with Gasteiger partial charge < -0.3 is 4.57 Å². The van der Waals surface area contributed by atoms with Gasteiger partial charge in [-0.15, -0.1) is 0 Å².